The minimum atomic E-state index is 0.188. The lowest BCUT2D eigenvalue weighted by Gasteiger charge is -2.38. The van der Waals surface area contributed by atoms with E-state index >= 15 is 0 Å². The maximum Gasteiger partial charge on any atom is 0.115 e. The molecule has 1 aliphatic carbocycles. The molecule has 0 saturated heterocycles. The number of benzene rings is 2. The molecule has 0 spiro atoms. The Kier molecular flexibility index (Phi) is 5.02. The number of nitrogens with two attached hydrogens (primary N) is 1. The van der Waals surface area contributed by atoms with Crippen molar-refractivity contribution in [2.24, 2.45) is 11.7 Å². The van der Waals surface area contributed by atoms with Gasteiger partial charge in [0, 0.05) is 6.04 Å². The summed E-state index contributed by atoms with van der Waals surface area (Å²) in [6.45, 7) is 2.21. The van der Waals surface area contributed by atoms with E-state index in [1.807, 2.05) is 12.1 Å². The molecule has 0 bridgehead atoms. The molecule has 0 fully saturated rings. The first-order valence-corrected chi connectivity index (χ1v) is 8.80. The summed E-state index contributed by atoms with van der Waals surface area (Å²) >= 11 is 0. The van der Waals surface area contributed by atoms with Crippen LogP contribution in [0.25, 0.3) is 0 Å². The van der Waals surface area contributed by atoms with Crippen LogP contribution < -0.4 is 5.73 Å². The first-order chi connectivity index (χ1) is 11.2. The van der Waals surface area contributed by atoms with E-state index in [2.05, 4.69) is 43.3 Å². The highest BCUT2D eigenvalue weighted by Gasteiger charge is 2.33. The zero-order valence-corrected chi connectivity index (χ0v) is 13.9. The van der Waals surface area contributed by atoms with Crippen molar-refractivity contribution >= 4 is 0 Å². The van der Waals surface area contributed by atoms with Crippen LogP contribution in [0, 0.1) is 5.92 Å². The van der Waals surface area contributed by atoms with Crippen LogP contribution in [0.4, 0.5) is 0 Å². The second-order valence-corrected chi connectivity index (χ2v) is 6.84. The Morgan fingerprint density at radius 1 is 1.09 bits per heavy atom. The van der Waals surface area contributed by atoms with Gasteiger partial charge in [-0.1, -0.05) is 49.7 Å². The number of fused-ring (bicyclic) bond motifs is 1. The van der Waals surface area contributed by atoms with Crippen LogP contribution in [0.5, 0.6) is 5.75 Å². The van der Waals surface area contributed by atoms with E-state index in [4.69, 9.17) is 5.73 Å². The fraction of sp³-hybridized carbons (Fsp3) is 0.429. The number of aromatic hydroxyl groups is 1. The number of aryl methyl sites for hydroxylation is 1. The molecule has 0 saturated carbocycles. The lowest BCUT2D eigenvalue weighted by atomic mass is 9.70. The summed E-state index contributed by atoms with van der Waals surface area (Å²) in [5.74, 6) is 1.25. The highest BCUT2D eigenvalue weighted by Crippen LogP contribution is 2.40. The monoisotopic (exact) mass is 309 g/mol. The van der Waals surface area contributed by atoms with Gasteiger partial charge in [0.25, 0.3) is 0 Å². The van der Waals surface area contributed by atoms with E-state index in [1.54, 1.807) is 0 Å². The molecule has 0 aromatic heterocycles. The van der Waals surface area contributed by atoms with Gasteiger partial charge in [0.05, 0.1) is 0 Å². The van der Waals surface area contributed by atoms with Gasteiger partial charge in [0.1, 0.15) is 5.75 Å². The molecule has 3 atom stereocenters. The predicted octanol–water partition coefficient (Wildman–Crippen LogP) is 4.41. The Hall–Kier alpha value is -1.80. The first kappa shape index (κ1) is 16.1. The minimum absolute atomic E-state index is 0.188. The zero-order chi connectivity index (χ0) is 16.2. The molecule has 3 N–H and O–H groups in total. The standard InChI is InChI=1S/C21H27NO/c1-2-6-19-20-14-18(23)12-11-16(20)13-17(21(19)22)10-9-15-7-4-3-5-8-15/h3-5,7-8,11-12,14,17,19,21,23H,2,6,9-10,13,22H2,1H3. The van der Waals surface area contributed by atoms with Crippen LogP contribution in [-0.4, -0.2) is 11.1 Å². The van der Waals surface area contributed by atoms with Gasteiger partial charge in [-0.25, -0.2) is 0 Å². The van der Waals surface area contributed by atoms with E-state index in [0.717, 1.165) is 32.1 Å². The summed E-state index contributed by atoms with van der Waals surface area (Å²) in [6.07, 6.45) is 5.47. The normalized spacial score (nSPS) is 23.5. The molecule has 3 unspecified atom stereocenters. The third kappa shape index (κ3) is 3.59. The molecular weight excluding hydrogens is 282 g/mol. The van der Waals surface area contributed by atoms with Gasteiger partial charge < -0.3 is 10.8 Å². The number of hydrogen-bond donors (Lipinski definition) is 2. The summed E-state index contributed by atoms with van der Waals surface area (Å²) in [4.78, 5) is 0. The van der Waals surface area contributed by atoms with Gasteiger partial charge in [-0.05, 0) is 66.3 Å². The van der Waals surface area contributed by atoms with Crippen molar-refractivity contribution < 1.29 is 5.11 Å². The van der Waals surface area contributed by atoms with Crippen molar-refractivity contribution in [3.63, 3.8) is 0 Å². The Balaban J connectivity index is 1.78. The Morgan fingerprint density at radius 2 is 1.87 bits per heavy atom. The molecule has 122 valence electrons. The summed E-state index contributed by atoms with van der Waals surface area (Å²) in [5, 5.41) is 9.84. The van der Waals surface area contributed by atoms with Crippen LogP contribution >= 0.6 is 0 Å². The van der Waals surface area contributed by atoms with Gasteiger partial charge in [-0.2, -0.15) is 0 Å². The Labute approximate surface area is 139 Å². The highest BCUT2D eigenvalue weighted by atomic mass is 16.3. The van der Waals surface area contributed by atoms with Crippen molar-refractivity contribution in [3.8, 4) is 5.75 Å². The molecule has 0 aliphatic heterocycles. The second-order valence-electron chi connectivity index (χ2n) is 6.84. The molecule has 2 aromatic rings. The van der Waals surface area contributed by atoms with Crippen LogP contribution in [0.1, 0.15) is 48.8 Å². The summed E-state index contributed by atoms with van der Waals surface area (Å²) in [6, 6.07) is 16.7. The molecule has 1 aliphatic rings. The quantitative estimate of drug-likeness (QED) is 0.859. The van der Waals surface area contributed by atoms with Gasteiger partial charge in [-0.15, -0.1) is 0 Å². The lowest BCUT2D eigenvalue weighted by Crippen LogP contribution is -2.41. The van der Waals surface area contributed by atoms with Crippen molar-refractivity contribution in [1.29, 1.82) is 0 Å². The molecule has 2 aromatic carbocycles. The summed E-state index contributed by atoms with van der Waals surface area (Å²) in [7, 11) is 0. The number of hydrogen-bond acceptors (Lipinski definition) is 2. The smallest absolute Gasteiger partial charge is 0.115 e. The van der Waals surface area contributed by atoms with Crippen molar-refractivity contribution in [2.45, 2.75) is 51.0 Å². The molecule has 0 heterocycles. The second kappa shape index (κ2) is 7.18. The largest absolute Gasteiger partial charge is 0.508 e. The molecule has 0 amide bonds. The third-order valence-electron chi connectivity index (χ3n) is 5.27. The van der Waals surface area contributed by atoms with E-state index in [9.17, 15) is 5.11 Å². The van der Waals surface area contributed by atoms with Gasteiger partial charge in [0.2, 0.25) is 0 Å². The highest BCUT2D eigenvalue weighted by molar-refractivity contribution is 5.40. The Bertz CT molecular complexity index is 638. The topological polar surface area (TPSA) is 46.2 Å². The fourth-order valence-corrected chi connectivity index (χ4v) is 4.02. The fourth-order valence-electron chi connectivity index (χ4n) is 4.02. The van der Waals surface area contributed by atoms with Crippen LogP contribution in [-0.2, 0) is 12.8 Å². The predicted molar refractivity (Wildman–Crippen MR) is 95.7 cm³/mol. The molecule has 0 radical (unpaired) electrons. The first-order valence-electron chi connectivity index (χ1n) is 8.80. The third-order valence-corrected chi connectivity index (χ3v) is 5.27. The average molecular weight is 309 g/mol. The minimum Gasteiger partial charge on any atom is -0.508 e. The van der Waals surface area contributed by atoms with E-state index in [1.165, 1.54) is 16.7 Å². The maximum absolute atomic E-state index is 9.84. The van der Waals surface area contributed by atoms with E-state index in [-0.39, 0.29) is 6.04 Å². The van der Waals surface area contributed by atoms with Gasteiger partial charge in [0.15, 0.2) is 0 Å². The van der Waals surface area contributed by atoms with Crippen molar-refractivity contribution in [3.05, 3.63) is 65.2 Å². The molecule has 2 nitrogen and oxygen atoms in total. The van der Waals surface area contributed by atoms with Crippen molar-refractivity contribution in [1.82, 2.24) is 0 Å². The SMILES string of the molecule is CCCC1c2cc(O)ccc2CC(CCc2ccccc2)C1N. The van der Waals surface area contributed by atoms with Gasteiger partial charge in [-0.3, -0.25) is 0 Å². The number of phenolic OH excluding ortho intramolecular Hbond substituents is 1. The van der Waals surface area contributed by atoms with Crippen LogP contribution in [0.2, 0.25) is 0 Å². The van der Waals surface area contributed by atoms with Gasteiger partial charge >= 0.3 is 0 Å². The molecule has 3 rings (SSSR count). The van der Waals surface area contributed by atoms with Crippen molar-refractivity contribution in [2.75, 3.05) is 0 Å². The number of rotatable bonds is 5. The maximum atomic E-state index is 9.84. The summed E-state index contributed by atoms with van der Waals surface area (Å²) < 4.78 is 0. The zero-order valence-electron chi connectivity index (χ0n) is 13.9. The lowest BCUT2D eigenvalue weighted by molar-refractivity contribution is 0.309. The van der Waals surface area contributed by atoms with Crippen LogP contribution in [0.15, 0.2) is 48.5 Å². The average Bonchev–Trinajstić information content (AvgIpc) is 2.57. The summed E-state index contributed by atoms with van der Waals surface area (Å²) in [5.41, 5.74) is 10.7. The van der Waals surface area contributed by atoms with Crippen LogP contribution in [0.3, 0.4) is 0 Å². The van der Waals surface area contributed by atoms with E-state index < -0.39 is 0 Å². The Morgan fingerprint density at radius 3 is 2.61 bits per heavy atom. The number of phenols is 1. The molecular formula is C21H27NO. The molecule has 23 heavy (non-hydrogen) atoms. The van der Waals surface area contributed by atoms with E-state index in [0.29, 0.717) is 17.6 Å². The molecule has 2 heteroatoms.